The number of ether oxygens (including phenoxy) is 2. The first-order chi connectivity index (χ1) is 17.1. The predicted octanol–water partition coefficient (Wildman–Crippen LogP) is 4.58. The first kappa shape index (κ1) is 24.2. The molecule has 0 radical (unpaired) electrons. The van der Waals surface area contributed by atoms with Gasteiger partial charge in [-0.25, -0.2) is 9.59 Å². The van der Waals surface area contributed by atoms with E-state index in [2.05, 4.69) is 24.3 Å². The highest BCUT2D eigenvalue weighted by Crippen LogP contribution is 2.46. The summed E-state index contributed by atoms with van der Waals surface area (Å²) in [6.45, 7) is 6.37. The minimum atomic E-state index is -1.09. The standard InChI is InChI=1S/C28H32N2O6/c1-27(2,3)36-26(34)29-13-12-28(24(31)32)17-30(15-18(28)14-29)25(33)35-16-23-21-10-6-4-8-19(21)20-9-5-7-11-22(20)23/h4-11,18,23H,12-17H2,1-3H3,(H,31,32). The molecule has 190 valence electrons. The van der Waals surface area contributed by atoms with Gasteiger partial charge in [0, 0.05) is 38.0 Å². The molecule has 2 atom stereocenters. The summed E-state index contributed by atoms with van der Waals surface area (Å²) in [7, 11) is 0. The molecule has 1 N–H and O–H groups in total. The van der Waals surface area contributed by atoms with Crippen molar-refractivity contribution in [3.63, 3.8) is 0 Å². The van der Waals surface area contributed by atoms with Gasteiger partial charge in [-0.2, -0.15) is 0 Å². The van der Waals surface area contributed by atoms with E-state index in [-0.39, 0.29) is 45.1 Å². The van der Waals surface area contributed by atoms with Crippen molar-refractivity contribution >= 4 is 18.2 Å². The molecule has 2 aromatic rings. The zero-order valence-corrected chi connectivity index (χ0v) is 20.9. The molecule has 2 amide bonds. The fraction of sp³-hybridized carbons (Fsp3) is 0.464. The Bertz CT molecular complexity index is 1160. The van der Waals surface area contributed by atoms with Gasteiger partial charge in [0.25, 0.3) is 0 Å². The number of benzene rings is 2. The van der Waals surface area contributed by atoms with Crippen molar-refractivity contribution in [2.24, 2.45) is 11.3 Å². The molecule has 5 rings (SSSR count). The summed E-state index contributed by atoms with van der Waals surface area (Å²) in [6, 6.07) is 16.2. The monoisotopic (exact) mass is 492 g/mol. The van der Waals surface area contributed by atoms with Crippen LogP contribution in [0.2, 0.25) is 0 Å². The summed E-state index contributed by atoms with van der Waals surface area (Å²) in [5, 5.41) is 10.1. The van der Waals surface area contributed by atoms with E-state index in [1.807, 2.05) is 24.3 Å². The molecule has 0 spiro atoms. The molecule has 3 aliphatic rings. The number of rotatable bonds is 3. The lowest BCUT2D eigenvalue weighted by Gasteiger charge is -2.40. The molecular formula is C28H32N2O6. The third kappa shape index (κ3) is 4.18. The number of carbonyl (C=O) groups is 3. The molecule has 8 heteroatoms. The number of hydrogen-bond donors (Lipinski definition) is 1. The van der Waals surface area contributed by atoms with E-state index in [0.29, 0.717) is 0 Å². The van der Waals surface area contributed by atoms with Crippen LogP contribution in [0.25, 0.3) is 11.1 Å². The molecule has 2 fully saturated rings. The Hall–Kier alpha value is -3.55. The number of likely N-dealkylation sites (tertiary alicyclic amines) is 2. The summed E-state index contributed by atoms with van der Waals surface area (Å²) in [6.07, 6.45) is -0.712. The summed E-state index contributed by atoms with van der Waals surface area (Å²) in [5.41, 5.74) is 2.81. The smallest absolute Gasteiger partial charge is 0.410 e. The van der Waals surface area contributed by atoms with Crippen LogP contribution in [0, 0.1) is 11.3 Å². The highest BCUT2D eigenvalue weighted by molar-refractivity contribution is 5.80. The van der Waals surface area contributed by atoms with Crippen molar-refractivity contribution in [3.05, 3.63) is 59.7 Å². The maximum absolute atomic E-state index is 13.1. The normalized spacial score (nSPS) is 23.0. The Morgan fingerprint density at radius 3 is 2.11 bits per heavy atom. The van der Waals surface area contributed by atoms with E-state index < -0.39 is 35.1 Å². The first-order valence-corrected chi connectivity index (χ1v) is 12.4. The lowest BCUT2D eigenvalue weighted by atomic mass is 9.72. The van der Waals surface area contributed by atoms with Crippen molar-refractivity contribution in [2.75, 3.05) is 32.8 Å². The minimum absolute atomic E-state index is 0.0673. The minimum Gasteiger partial charge on any atom is -0.481 e. The molecule has 36 heavy (non-hydrogen) atoms. The second-order valence-electron chi connectivity index (χ2n) is 11.0. The van der Waals surface area contributed by atoms with Crippen LogP contribution < -0.4 is 0 Å². The van der Waals surface area contributed by atoms with Crippen molar-refractivity contribution in [1.82, 2.24) is 9.80 Å². The van der Waals surface area contributed by atoms with Crippen molar-refractivity contribution in [2.45, 2.75) is 38.7 Å². The Balaban J connectivity index is 1.28. The highest BCUT2D eigenvalue weighted by atomic mass is 16.6. The zero-order chi connectivity index (χ0) is 25.7. The van der Waals surface area contributed by atoms with E-state index in [4.69, 9.17) is 9.47 Å². The SMILES string of the molecule is CC(C)(C)OC(=O)N1CCC2(C(=O)O)CN(C(=O)OCC3c4ccccc4-c4ccccc43)CC2C1. The van der Waals surface area contributed by atoms with Crippen molar-refractivity contribution < 1.29 is 29.0 Å². The van der Waals surface area contributed by atoms with Crippen LogP contribution in [0.3, 0.4) is 0 Å². The molecular weight excluding hydrogens is 460 g/mol. The molecule has 2 heterocycles. The van der Waals surface area contributed by atoms with E-state index in [9.17, 15) is 19.5 Å². The van der Waals surface area contributed by atoms with E-state index in [1.165, 1.54) is 4.90 Å². The number of aliphatic carboxylic acids is 1. The largest absolute Gasteiger partial charge is 0.481 e. The van der Waals surface area contributed by atoms with Crippen LogP contribution >= 0.6 is 0 Å². The Morgan fingerprint density at radius 2 is 1.53 bits per heavy atom. The number of fused-ring (bicyclic) bond motifs is 4. The van der Waals surface area contributed by atoms with Gasteiger partial charge in [0.1, 0.15) is 12.2 Å². The van der Waals surface area contributed by atoms with Gasteiger partial charge in [0.15, 0.2) is 0 Å². The van der Waals surface area contributed by atoms with Gasteiger partial charge in [0.05, 0.1) is 5.41 Å². The second kappa shape index (κ2) is 8.84. The quantitative estimate of drug-likeness (QED) is 0.674. The van der Waals surface area contributed by atoms with Crippen molar-refractivity contribution in [1.29, 1.82) is 0 Å². The number of carboxylic acids is 1. The molecule has 2 aromatic carbocycles. The van der Waals surface area contributed by atoms with Crippen LogP contribution in [0.5, 0.6) is 0 Å². The third-order valence-corrected chi connectivity index (χ3v) is 7.64. The summed E-state index contributed by atoms with van der Waals surface area (Å²) < 4.78 is 11.3. The number of hydrogen-bond acceptors (Lipinski definition) is 5. The topological polar surface area (TPSA) is 96.4 Å². The van der Waals surface area contributed by atoms with E-state index in [0.717, 1.165) is 22.3 Å². The van der Waals surface area contributed by atoms with Crippen LogP contribution in [0.4, 0.5) is 9.59 Å². The number of amides is 2. The zero-order valence-electron chi connectivity index (χ0n) is 20.9. The van der Waals surface area contributed by atoms with Gasteiger partial charge in [0.2, 0.25) is 0 Å². The maximum atomic E-state index is 13.1. The molecule has 0 bridgehead atoms. The lowest BCUT2D eigenvalue weighted by Crippen LogP contribution is -2.53. The van der Waals surface area contributed by atoms with E-state index in [1.54, 1.807) is 25.7 Å². The molecule has 2 aliphatic heterocycles. The second-order valence-corrected chi connectivity index (χ2v) is 11.0. The van der Waals surface area contributed by atoms with Gasteiger partial charge in [-0.1, -0.05) is 48.5 Å². The fourth-order valence-corrected chi connectivity index (χ4v) is 5.85. The Labute approximate surface area is 210 Å². The van der Waals surface area contributed by atoms with Crippen LogP contribution in [-0.4, -0.2) is 71.4 Å². The average molecular weight is 493 g/mol. The Kier molecular flexibility index (Phi) is 5.93. The molecule has 2 saturated heterocycles. The molecule has 0 saturated carbocycles. The lowest BCUT2D eigenvalue weighted by molar-refractivity contribution is -0.153. The summed E-state index contributed by atoms with van der Waals surface area (Å²) in [4.78, 5) is 41.1. The highest BCUT2D eigenvalue weighted by Gasteiger charge is 2.57. The van der Waals surface area contributed by atoms with Crippen LogP contribution in [0.1, 0.15) is 44.2 Å². The fourth-order valence-electron chi connectivity index (χ4n) is 5.85. The van der Waals surface area contributed by atoms with Gasteiger partial charge in [-0.05, 0) is 49.4 Å². The van der Waals surface area contributed by atoms with Gasteiger partial charge >= 0.3 is 18.2 Å². The summed E-state index contributed by atoms with van der Waals surface area (Å²) in [5.74, 6) is -1.40. The Morgan fingerprint density at radius 1 is 0.944 bits per heavy atom. The van der Waals surface area contributed by atoms with Gasteiger partial charge in [-0.15, -0.1) is 0 Å². The third-order valence-electron chi connectivity index (χ3n) is 7.64. The molecule has 8 nitrogen and oxygen atoms in total. The molecule has 1 aliphatic carbocycles. The predicted molar refractivity (Wildman–Crippen MR) is 133 cm³/mol. The van der Waals surface area contributed by atoms with Gasteiger partial charge in [-0.3, -0.25) is 4.79 Å². The van der Waals surface area contributed by atoms with Crippen molar-refractivity contribution in [3.8, 4) is 11.1 Å². The number of carbonyl (C=O) groups excluding carboxylic acids is 2. The molecule has 2 unspecified atom stereocenters. The average Bonchev–Trinajstić information content (AvgIpc) is 3.38. The van der Waals surface area contributed by atoms with Crippen LogP contribution in [0.15, 0.2) is 48.5 Å². The first-order valence-electron chi connectivity index (χ1n) is 12.4. The number of carboxylic acid groups (broad SMARTS) is 1. The van der Waals surface area contributed by atoms with Crippen LogP contribution in [-0.2, 0) is 14.3 Å². The van der Waals surface area contributed by atoms with E-state index >= 15 is 0 Å². The molecule has 0 aromatic heterocycles. The number of piperidine rings is 1. The maximum Gasteiger partial charge on any atom is 0.410 e. The summed E-state index contributed by atoms with van der Waals surface area (Å²) >= 11 is 0. The van der Waals surface area contributed by atoms with Gasteiger partial charge < -0.3 is 24.4 Å². The number of nitrogens with zero attached hydrogens (tertiary/aromatic N) is 2.